The largest absolute Gasteiger partial charge is 0.230 e. The van der Waals surface area contributed by atoms with Crippen LogP contribution in [0.2, 0.25) is 0 Å². The molecule has 2 aromatic rings. The van der Waals surface area contributed by atoms with Crippen LogP contribution < -0.4 is 0 Å². The number of unbranched alkanes of at least 4 members (excludes halogenated alkanes) is 1. The predicted octanol–water partition coefficient (Wildman–Crippen LogP) is 4.41. The molecule has 0 aliphatic carbocycles. The molecular weight excluding hydrogens is 246 g/mol. The highest BCUT2D eigenvalue weighted by atomic mass is 35.5. The Labute approximate surface area is 103 Å². The van der Waals surface area contributed by atoms with Crippen LogP contribution in [0.4, 0.5) is 0 Å². The van der Waals surface area contributed by atoms with Gasteiger partial charge in [0.1, 0.15) is 0 Å². The molecule has 0 N–H and O–H groups in total. The molecule has 0 saturated heterocycles. The summed E-state index contributed by atoms with van der Waals surface area (Å²) in [5.74, 6) is 1.88. The number of halogens is 1. The van der Waals surface area contributed by atoms with Crippen LogP contribution in [0.3, 0.4) is 0 Å². The highest BCUT2D eigenvalue weighted by molar-refractivity contribution is 8.01. The van der Waals surface area contributed by atoms with Crippen molar-refractivity contribution in [1.29, 1.82) is 0 Å². The van der Waals surface area contributed by atoms with Gasteiger partial charge in [-0.15, -0.1) is 22.9 Å². The fourth-order valence-electron chi connectivity index (χ4n) is 1.27. The topological polar surface area (TPSA) is 12.9 Å². The quantitative estimate of drug-likeness (QED) is 0.447. The van der Waals surface area contributed by atoms with Crippen LogP contribution in [-0.4, -0.2) is 16.6 Å². The average Bonchev–Trinajstić information content (AvgIpc) is 2.67. The number of nitrogens with zero attached hydrogens (tertiary/aromatic N) is 1. The van der Waals surface area contributed by atoms with E-state index in [-0.39, 0.29) is 0 Å². The molecule has 0 atom stereocenters. The van der Waals surface area contributed by atoms with Crippen molar-refractivity contribution in [3.63, 3.8) is 0 Å². The zero-order valence-electron chi connectivity index (χ0n) is 8.28. The van der Waals surface area contributed by atoms with E-state index >= 15 is 0 Å². The monoisotopic (exact) mass is 257 g/mol. The third-order valence-corrected chi connectivity index (χ3v) is 4.56. The minimum atomic E-state index is 0.764. The molecule has 0 saturated carbocycles. The van der Waals surface area contributed by atoms with Crippen molar-refractivity contribution < 1.29 is 0 Å². The van der Waals surface area contributed by atoms with E-state index in [4.69, 9.17) is 11.6 Å². The van der Waals surface area contributed by atoms with Gasteiger partial charge in [-0.3, -0.25) is 0 Å². The van der Waals surface area contributed by atoms with Crippen molar-refractivity contribution in [2.75, 3.05) is 11.6 Å². The van der Waals surface area contributed by atoms with Gasteiger partial charge < -0.3 is 0 Å². The van der Waals surface area contributed by atoms with Gasteiger partial charge in [-0.25, -0.2) is 4.98 Å². The van der Waals surface area contributed by atoms with Crippen molar-refractivity contribution in [3.8, 4) is 0 Å². The maximum Gasteiger partial charge on any atom is 0.151 e. The second kappa shape index (κ2) is 5.73. The summed E-state index contributed by atoms with van der Waals surface area (Å²) in [5, 5.41) is 0. The van der Waals surface area contributed by atoms with E-state index in [2.05, 4.69) is 23.2 Å². The van der Waals surface area contributed by atoms with Crippen LogP contribution in [0.25, 0.3) is 10.2 Å². The number of alkyl halides is 1. The second-order valence-electron chi connectivity index (χ2n) is 3.19. The van der Waals surface area contributed by atoms with Gasteiger partial charge in [-0.05, 0) is 25.0 Å². The number of aromatic nitrogens is 1. The van der Waals surface area contributed by atoms with E-state index in [1.807, 2.05) is 17.8 Å². The van der Waals surface area contributed by atoms with Gasteiger partial charge in [0.25, 0.3) is 0 Å². The minimum absolute atomic E-state index is 0.764. The zero-order chi connectivity index (χ0) is 10.5. The van der Waals surface area contributed by atoms with Crippen molar-refractivity contribution >= 4 is 44.9 Å². The van der Waals surface area contributed by atoms with Gasteiger partial charge in [0, 0.05) is 11.6 Å². The summed E-state index contributed by atoms with van der Waals surface area (Å²) >= 11 is 9.23. The summed E-state index contributed by atoms with van der Waals surface area (Å²) in [5.41, 5.74) is 1.11. The minimum Gasteiger partial charge on any atom is -0.230 e. The second-order valence-corrected chi connectivity index (χ2v) is 5.94. The van der Waals surface area contributed by atoms with Gasteiger partial charge in [-0.1, -0.05) is 23.9 Å². The Morgan fingerprint density at radius 2 is 2.13 bits per heavy atom. The van der Waals surface area contributed by atoms with Crippen LogP contribution in [0.5, 0.6) is 0 Å². The molecule has 15 heavy (non-hydrogen) atoms. The zero-order valence-corrected chi connectivity index (χ0v) is 10.7. The van der Waals surface area contributed by atoms with Crippen LogP contribution >= 0.6 is 34.7 Å². The summed E-state index contributed by atoms with van der Waals surface area (Å²) in [6.07, 6.45) is 2.27. The van der Waals surface area contributed by atoms with E-state index in [1.165, 1.54) is 15.5 Å². The van der Waals surface area contributed by atoms with Gasteiger partial charge in [0.2, 0.25) is 0 Å². The lowest BCUT2D eigenvalue weighted by Gasteiger charge is -1.94. The SMILES string of the molecule is ClCCCCSc1nc2ccccc2s1. The Kier molecular flexibility index (Phi) is 4.29. The maximum absolute atomic E-state index is 5.63. The maximum atomic E-state index is 5.63. The van der Waals surface area contributed by atoms with Crippen molar-refractivity contribution in [2.24, 2.45) is 0 Å². The molecule has 80 valence electrons. The molecular formula is C11H12ClNS2. The van der Waals surface area contributed by atoms with Gasteiger partial charge >= 0.3 is 0 Å². The normalized spacial score (nSPS) is 11.0. The van der Waals surface area contributed by atoms with E-state index in [1.54, 1.807) is 11.3 Å². The molecule has 0 aliphatic heterocycles. The summed E-state index contributed by atoms with van der Waals surface area (Å²) in [4.78, 5) is 4.56. The van der Waals surface area contributed by atoms with Crippen molar-refractivity contribution in [3.05, 3.63) is 24.3 Å². The summed E-state index contributed by atoms with van der Waals surface area (Å²) in [7, 11) is 0. The smallest absolute Gasteiger partial charge is 0.151 e. The van der Waals surface area contributed by atoms with Gasteiger partial charge in [0.15, 0.2) is 4.34 Å². The molecule has 1 nitrogen and oxygen atoms in total. The molecule has 2 rings (SSSR count). The predicted molar refractivity (Wildman–Crippen MR) is 70.3 cm³/mol. The molecule has 0 radical (unpaired) electrons. The number of thioether (sulfide) groups is 1. The van der Waals surface area contributed by atoms with Crippen molar-refractivity contribution in [2.45, 2.75) is 17.2 Å². The Hall–Kier alpha value is -0.250. The number of thiazole rings is 1. The molecule has 0 fully saturated rings. The number of rotatable bonds is 5. The molecule has 4 heteroatoms. The van der Waals surface area contributed by atoms with E-state index in [9.17, 15) is 0 Å². The third kappa shape index (κ3) is 3.10. The van der Waals surface area contributed by atoms with Gasteiger partial charge in [-0.2, -0.15) is 0 Å². The summed E-state index contributed by atoms with van der Waals surface area (Å²) < 4.78 is 2.45. The molecule has 0 unspecified atom stereocenters. The first-order chi connectivity index (χ1) is 7.40. The van der Waals surface area contributed by atoms with Crippen LogP contribution in [0.1, 0.15) is 12.8 Å². The molecule has 0 spiro atoms. The Morgan fingerprint density at radius 3 is 2.93 bits per heavy atom. The van der Waals surface area contributed by atoms with E-state index in [0.717, 1.165) is 23.6 Å². The van der Waals surface area contributed by atoms with Crippen LogP contribution in [0.15, 0.2) is 28.6 Å². The number of hydrogen-bond acceptors (Lipinski definition) is 3. The molecule has 1 aromatic carbocycles. The van der Waals surface area contributed by atoms with E-state index in [0.29, 0.717) is 0 Å². The van der Waals surface area contributed by atoms with Crippen LogP contribution in [0, 0.1) is 0 Å². The highest BCUT2D eigenvalue weighted by Gasteiger charge is 2.02. The molecule has 1 aromatic heterocycles. The van der Waals surface area contributed by atoms with E-state index < -0.39 is 0 Å². The lowest BCUT2D eigenvalue weighted by atomic mass is 10.3. The van der Waals surface area contributed by atoms with Crippen molar-refractivity contribution in [1.82, 2.24) is 4.98 Å². The Bertz CT molecular complexity index is 394. The third-order valence-electron chi connectivity index (χ3n) is 2.03. The Balaban J connectivity index is 1.97. The lowest BCUT2D eigenvalue weighted by molar-refractivity contribution is 0.902. The summed E-state index contributed by atoms with van der Waals surface area (Å²) in [6.45, 7) is 0. The molecule has 1 heterocycles. The summed E-state index contributed by atoms with van der Waals surface area (Å²) in [6, 6.07) is 8.27. The first-order valence-corrected chi connectivity index (χ1v) is 7.28. The standard InChI is InChI=1S/C11H12ClNS2/c12-7-3-4-8-14-11-13-9-5-1-2-6-10(9)15-11/h1-2,5-6H,3-4,7-8H2. The van der Waals surface area contributed by atoms with Crippen LogP contribution in [-0.2, 0) is 0 Å². The first-order valence-electron chi connectivity index (χ1n) is 4.94. The highest BCUT2D eigenvalue weighted by Crippen LogP contribution is 2.29. The Morgan fingerprint density at radius 1 is 1.27 bits per heavy atom. The average molecular weight is 258 g/mol. The van der Waals surface area contributed by atoms with Gasteiger partial charge in [0.05, 0.1) is 10.2 Å². The molecule has 0 aliphatic rings. The fourth-order valence-corrected chi connectivity index (χ4v) is 3.60. The number of hydrogen-bond donors (Lipinski definition) is 0. The number of para-hydroxylation sites is 1. The molecule has 0 amide bonds. The first kappa shape index (κ1) is 11.2. The fraction of sp³-hybridized carbons (Fsp3) is 0.364. The number of benzene rings is 1. The lowest BCUT2D eigenvalue weighted by Crippen LogP contribution is -1.80. The molecule has 0 bridgehead atoms. The number of fused-ring (bicyclic) bond motifs is 1.